The second-order valence-corrected chi connectivity index (χ2v) is 6.25. The first kappa shape index (κ1) is 15.1. The number of hydrogen-bond donors (Lipinski definition) is 1. The van der Waals surface area contributed by atoms with Gasteiger partial charge in [-0.15, -0.1) is 0 Å². The summed E-state index contributed by atoms with van der Waals surface area (Å²) in [6.07, 6.45) is 0. The average molecular weight is 333 g/mol. The SMILES string of the molecule is Cc1ccc(CN(C)c2cc(Br)ccc2C(C)N)cc1. The van der Waals surface area contributed by atoms with Gasteiger partial charge in [0.25, 0.3) is 0 Å². The predicted octanol–water partition coefficient (Wildman–Crippen LogP) is 4.41. The van der Waals surface area contributed by atoms with Crippen molar-refractivity contribution >= 4 is 21.6 Å². The molecule has 0 radical (unpaired) electrons. The molecule has 0 aliphatic rings. The number of anilines is 1. The molecule has 0 aliphatic heterocycles. The fourth-order valence-corrected chi connectivity index (χ4v) is 2.63. The van der Waals surface area contributed by atoms with E-state index in [1.165, 1.54) is 22.4 Å². The van der Waals surface area contributed by atoms with Crippen LogP contribution < -0.4 is 10.6 Å². The monoisotopic (exact) mass is 332 g/mol. The first-order valence-electron chi connectivity index (χ1n) is 6.79. The number of rotatable bonds is 4. The molecule has 106 valence electrons. The predicted molar refractivity (Wildman–Crippen MR) is 90.0 cm³/mol. The molecule has 0 fully saturated rings. The molecular weight excluding hydrogens is 312 g/mol. The molecule has 1 unspecified atom stereocenters. The number of nitrogens with zero attached hydrogens (tertiary/aromatic N) is 1. The van der Waals surface area contributed by atoms with Crippen LogP contribution in [0.1, 0.15) is 29.7 Å². The van der Waals surface area contributed by atoms with Crippen LogP contribution in [-0.2, 0) is 6.54 Å². The van der Waals surface area contributed by atoms with Crippen LogP contribution in [0.3, 0.4) is 0 Å². The maximum absolute atomic E-state index is 6.07. The van der Waals surface area contributed by atoms with Gasteiger partial charge in [-0.25, -0.2) is 0 Å². The Bertz CT molecular complexity index is 576. The Balaban J connectivity index is 2.26. The molecule has 0 heterocycles. The van der Waals surface area contributed by atoms with E-state index in [1.54, 1.807) is 0 Å². The van der Waals surface area contributed by atoms with Gasteiger partial charge in [0, 0.05) is 29.8 Å². The smallest absolute Gasteiger partial charge is 0.0426 e. The number of aryl methyl sites for hydroxylation is 1. The molecule has 2 aromatic carbocycles. The molecule has 0 aromatic heterocycles. The molecule has 0 spiro atoms. The van der Waals surface area contributed by atoms with Crippen molar-refractivity contribution in [3.63, 3.8) is 0 Å². The lowest BCUT2D eigenvalue weighted by Crippen LogP contribution is -2.20. The van der Waals surface area contributed by atoms with Gasteiger partial charge in [-0.2, -0.15) is 0 Å². The maximum Gasteiger partial charge on any atom is 0.0426 e. The van der Waals surface area contributed by atoms with E-state index in [-0.39, 0.29) is 6.04 Å². The summed E-state index contributed by atoms with van der Waals surface area (Å²) in [6.45, 7) is 5.00. The minimum atomic E-state index is 0.0265. The number of nitrogens with two attached hydrogens (primary N) is 1. The summed E-state index contributed by atoms with van der Waals surface area (Å²) in [5, 5.41) is 0. The summed E-state index contributed by atoms with van der Waals surface area (Å²) in [6, 6.07) is 14.9. The third-order valence-electron chi connectivity index (χ3n) is 3.43. The molecule has 0 saturated heterocycles. The van der Waals surface area contributed by atoms with E-state index in [4.69, 9.17) is 5.73 Å². The van der Waals surface area contributed by atoms with Crippen molar-refractivity contribution in [1.29, 1.82) is 0 Å². The molecule has 0 amide bonds. The molecule has 20 heavy (non-hydrogen) atoms. The lowest BCUT2D eigenvalue weighted by Gasteiger charge is -2.24. The van der Waals surface area contributed by atoms with Crippen molar-refractivity contribution in [3.05, 3.63) is 63.6 Å². The number of halogens is 1. The third kappa shape index (κ3) is 3.62. The van der Waals surface area contributed by atoms with E-state index < -0.39 is 0 Å². The summed E-state index contributed by atoms with van der Waals surface area (Å²) in [7, 11) is 2.10. The largest absolute Gasteiger partial charge is 0.370 e. The maximum atomic E-state index is 6.07. The minimum Gasteiger partial charge on any atom is -0.370 e. The molecule has 0 saturated carbocycles. The van der Waals surface area contributed by atoms with Crippen molar-refractivity contribution in [1.82, 2.24) is 0 Å². The van der Waals surface area contributed by atoms with Gasteiger partial charge in [-0.1, -0.05) is 51.8 Å². The van der Waals surface area contributed by atoms with Crippen LogP contribution in [0.5, 0.6) is 0 Å². The second-order valence-electron chi connectivity index (χ2n) is 5.33. The van der Waals surface area contributed by atoms with Gasteiger partial charge >= 0.3 is 0 Å². The van der Waals surface area contributed by atoms with Crippen molar-refractivity contribution < 1.29 is 0 Å². The van der Waals surface area contributed by atoms with Crippen LogP contribution in [-0.4, -0.2) is 7.05 Å². The Kier molecular flexibility index (Phi) is 4.84. The van der Waals surface area contributed by atoms with Gasteiger partial charge in [-0.3, -0.25) is 0 Å². The normalized spacial score (nSPS) is 12.2. The minimum absolute atomic E-state index is 0.0265. The van der Waals surface area contributed by atoms with Crippen LogP contribution in [0.25, 0.3) is 0 Å². The van der Waals surface area contributed by atoms with Gasteiger partial charge < -0.3 is 10.6 Å². The lowest BCUT2D eigenvalue weighted by molar-refractivity contribution is 0.800. The quantitative estimate of drug-likeness (QED) is 0.898. The zero-order valence-corrected chi connectivity index (χ0v) is 13.8. The zero-order valence-electron chi connectivity index (χ0n) is 12.2. The fourth-order valence-electron chi connectivity index (χ4n) is 2.28. The highest BCUT2D eigenvalue weighted by atomic mass is 79.9. The van der Waals surface area contributed by atoms with Crippen molar-refractivity contribution in [2.45, 2.75) is 26.4 Å². The number of hydrogen-bond acceptors (Lipinski definition) is 2. The van der Waals surface area contributed by atoms with Crippen LogP contribution >= 0.6 is 15.9 Å². The standard InChI is InChI=1S/C17H21BrN2/c1-12-4-6-14(7-5-12)11-20(3)17-10-15(18)8-9-16(17)13(2)19/h4-10,13H,11,19H2,1-3H3. The van der Waals surface area contributed by atoms with Gasteiger partial charge in [0.15, 0.2) is 0 Å². The molecule has 2 N–H and O–H groups in total. The Labute approximate surface area is 129 Å². The van der Waals surface area contributed by atoms with Gasteiger partial charge in [0.1, 0.15) is 0 Å². The Hall–Kier alpha value is -1.32. The lowest BCUT2D eigenvalue weighted by atomic mass is 10.1. The topological polar surface area (TPSA) is 29.3 Å². The second kappa shape index (κ2) is 6.42. The van der Waals surface area contributed by atoms with E-state index in [0.717, 1.165) is 11.0 Å². The molecule has 0 bridgehead atoms. The first-order valence-corrected chi connectivity index (χ1v) is 7.58. The average Bonchev–Trinajstić information content (AvgIpc) is 2.41. The highest BCUT2D eigenvalue weighted by Crippen LogP contribution is 2.29. The van der Waals surface area contributed by atoms with E-state index in [1.807, 2.05) is 13.0 Å². The molecule has 2 rings (SSSR count). The first-order chi connectivity index (χ1) is 9.47. The summed E-state index contributed by atoms with van der Waals surface area (Å²) in [5.41, 5.74) is 11.0. The van der Waals surface area contributed by atoms with Crippen molar-refractivity contribution in [2.24, 2.45) is 5.73 Å². The molecule has 2 nitrogen and oxygen atoms in total. The van der Waals surface area contributed by atoms with E-state index in [2.05, 4.69) is 71.2 Å². The summed E-state index contributed by atoms with van der Waals surface area (Å²) < 4.78 is 1.08. The summed E-state index contributed by atoms with van der Waals surface area (Å²) >= 11 is 3.54. The number of benzene rings is 2. The highest BCUT2D eigenvalue weighted by molar-refractivity contribution is 9.10. The fraction of sp³-hybridized carbons (Fsp3) is 0.294. The summed E-state index contributed by atoms with van der Waals surface area (Å²) in [5.74, 6) is 0. The zero-order chi connectivity index (χ0) is 14.7. The Morgan fingerprint density at radius 2 is 1.80 bits per heavy atom. The van der Waals surface area contributed by atoms with Gasteiger partial charge in [0.2, 0.25) is 0 Å². The molecule has 2 aromatic rings. The van der Waals surface area contributed by atoms with E-state index >= 15 is 0 Å². The van der Waals surface area contributed by atoms with Crippen LogP contribution in [0.15, 0.2) is 46.9 Å². The van der Waals surface area contributed by atoms with Crippen molar-refractivity contribution in [2.75, 3.05) is 11.9 Å². The molecule has 0 aliphatic carbocycles. The molecular formula is C17H21BrN2. The van der Waals surface area contributed by atoms with Crippen LogP contribution in [0.4, 0.5) is 5.69 Å². The van der Waals surface area contributed by atoms with Gasteiger partial charge in [0.05, 0.1) is 0 Å². The van der Waals surface area contributed by atoms with Crippen LogP contribution in [0.2, 0.25) is 0 Å². The molecule has 3 heteroatoms. The van der Waals surface area contributed by atoms with Crippen LogP contribution in [0, 0.1) is 6.92 Å². The highest BCUT2D eigenvalue weighted by Gasteiger charge is 2.11. The van der Waals surface area contributed by atoms with E-state index in [9.17, 15) is 0 Å². The van der Waals surface area contributed by atoms with Gasteiger partial charge in [-0.05, 0) is 37.1 Å². The van der Waals surface area contributed by atoms with Crippen molar-refractivity contribution in [3.8, 4) is 0 Å². The van der Waals surface area contributed by atoms with E-state index in [0.29, 0.717) is 0 Å². The molecule has 1 atom stereocenters. The third-order valence-corrected chi connectivity index (χ3v) is 3.93. The summed E-state index contributed by atoms with van der Waals surface area (Å²) in [4.78, 5) is 2.24. The Morgan fingerprint density at radius 1 is 1.15 bits per heavy atom. The Morgan fingerprint density at radius 3 is 2.40 bits per heavy atom.